The maximum atomic E-state index is 5.73. The Morgan fingerprint density at radius 2 is 2.03 bits per heavy atom. The van der Waals surface area contributed by atoms with Crippen LogP contribution in [0.2, 0.25) is 0 Å². The smallest absolute Gasteiger partial charge is 0.229 e. The van der Waals surface area contributed by atoms with E-state index < -0.39 is 0 Å². The van der Waals surface area contributed by atoms with Crippen LogP contribution in [0.3, 0.4) is 0 Å². The van der Waals surface area contributed by atoms with E-state index in [9.17, 15) is 0 Å². The predicted molar refractivity (Wildman–Crippen MR) is 116 cm³/mol. The lowest BCUT2D eigenvalue weighted by Gasteiger charge is -2.21. The zero-order valence-corrected chi connectivity index (χ0v) is 17.1. The number of aromatic nitrogens is 4. The minimum atomic E-state index is 0. The molecule has 0 unspecified atom stereocenters. The zero-order chi connectivity index (χ0) is 19.3. The van der Waals surface area contributed by atoms with Crippen LogP contribution in [0.1, 0.15) is 55.7 Å². The second-order valence-electron chi connectivity index (χ2n) is 7.46. The van der Waals surface area contributed by atoms with E-state index in [-0.39, 0.29) is 6.15 Å². The number of hydrogen-bond acceptors (Lipinski definition) is 7. The summed E-state index contributed by atoms with van der Waals surface area (Å²) in [6, 6.07) is 5.99. The fourth-order valence-corrected chi connectivity index (χ4v) is 3.83. The fourth-order valence-electron chi connectivity index (χ4n) is 3.83. The molecule has 2 aromatic heterocycles. The van der Waals surface area contributed by atoms with Gasteiger partial charge in [0.1, 0.15) is 11.3 Å². The van der Waals surface area contributed by atoms with Crippen LogP contribution >= 0.6 is 0 Å². The van der Waals surface area contributed by atoms with Gasteiger partial charge in [-0.3, -0.25) is 0 Å². The average molecular weight is 398 g/mol. The number of imidazole rings is 1. The summed E-state index contributed by atoms with van der Waals surface area (Å²) < 4.78 is 5.73. The molecule has 3 aromatic rings. The van der Waals surface area contributed by atoms with Crippen molar-refractivity contribution in [1.82, 2.24) is 26.1 Å². The Morgan fingerprint density at radius 1 is 1.21 bits per heavy atom. The number of aryl methyl sites for hydroxylation is 1. The second kappa shape index (κ2) is 9.67. The van der Waals surface area contributed by atoms with Gasteiger partial charge in [0.15, 0.2) is 5.65 Å². The van der Waals surface area contributed by atoms with Crippen LogP contribution in [0, 0.1) is 6.92 Å². The van der Waals surface area contributed by atoms with Gasteiger partial charge in [-0.1, -0.05) is 19.3 Å². The molecule has 1 aromatic carbocycles. The molecule has 1 fully saturated rings. The van der Waals surface area contributed by atoms with Crippen LogP contribution in [-0.4, -0.2) is 33.1 Å². The molecule has 4 rings (SSSR count). The number of benzene rings is 1. The molecule has 1 aliphatic carbocycles. The molecule has 0 amide bonds. The highest BCUT2D eigenvalue weighted by Gasteiger charge is 2.22. The molecule has 2 heterocycles. The highest BCUT2D eigenvalue weighted by Crippen LogP contribution is 2.35. The van der Waals surface area contributed by atoms with Crippen molar-refractivity contribution in [2.45, 2.75) is 51.4 Å². The molecule has 7 N–H and O–H groups in total. The number of nitrogens with zero attached hydrogens (tertiary/aromatic N) is 3. The first kappa shape index (κ1) is 21.0. The Labute approximate surface area is 171 Å². The first-order valence-electron chi connectivity index (χ1n) is 10.2. The van der Waals surface area contributed by atoms with Gasteiger partial charge in [-0.25, -0.2) is 9.97 Å². The van der Waals surface area contributed by atoms with E-state index >= 15 is 0 Å². The van der Waals surface area contributed by atoms with Gasteiger partial charge in [-0.15, -0.1) is 0 Å². The van der Waals surface area contributed by atoms with Crippen LogP contribution in [0.15, 0.2) is 24.5 Å². The molecule has 29 heavy (non-hydrogen) atoms. The number of rotatable bonds is 7. The van der Waals surface area contributed by atoms with Crippen LogP contribution in [0.25, 0.3) is 11.2 Å². The molecule has 8 heteroatoms. The molecule has 1 aliphatic rings. The minimum absolute atomic E-state index is 0. The molecular weight excluding hydrogens is 366 g/mol. The summed E-state index contributed by atoms with van der Waals surface area (Å²) in [5, 5.41) is 3.38. The molecular formula is C21H31N7O. The first-order valence-corrected chi connectivity index (χ1v) is 10.2. The molecule has 1 saturated carbocycles. The Hall–Kier alpha value is -2.71. The number of hydrogen-bond donors (Lipinski definition) is 4. The van der Waals surface area contributed by atoms with Gasteiger partial charge in [0.25, 0.3) is 0 Å². The first-order chi connectivity index (χ1) is 13.7. The van der Waals surface area contributed by atoms with Crippen LogP contribution in [-0.2, 0) is 0 Å². The number of ether oxygens (including phenoxy) is 1. The van der Waals surface area contributed by atoms with Gasteiger partial charge in [-0.05, 0) is 56.5 Å². The maximum absolute atomic E-state index is 5.73. The number of H-pyrrole nitrogens is 1. The molecule has 0 bridgehead atoms. The normalized spacial score (nSPS) is 14.6. The molecule has 156 valence electrons. The van der Waals surface area contributed by atoms with Crippen molar-refractivity contribution in [1.29, 1.82) is 0 Å². The standard InChI is InChI=1S/C21H28N6O.H3N/c1-14-12-16(28-11-5-10-22)8-9-17(14)25-21-26-18(15-6-3-2-4-7-15)19-20(27-21)24-13-23-19;/h8-9,12-13,15H,2-7,10-11,22H2,1H3,(H2,23,24,25,26,27);1H3. The van der Waals surface area contributed by atoms with Gasteiger partial charge >= 0.3 is 0 Å². The molecule has 0 saturated heterocycles. The monoisotopic (exact) mass is 397 g/mol. The van der Waals surface area contributed by atoms with Gasteiger partial charge in [0.05, 0.1) is 18.6 Å². The Bertz CT molecular complexity index is 934. The predicted octanol–water partition coefficient (Wildman–Crippen LogP) is 4.34. The lowest BCUT2D eigenvalue weighted by Crippen LogP contribution is -2.10. The van der Waals surface area contributed by atoms with Crippen molar-refractivity contribution in [2.75, 3.05) is 18.5 Å². The fraction of sp³-hybridized carbons (Fsp3) is 0.476. The number of anilines is 2. The summed E-state index contributed by atoms with van der Waals surface area (Å²) in [5.41, 5.74) is 10.3. The zero-order valence-electron chi connectivity index (χ0n) is 17.1. The maximum Gasteiger partial charge on any atom is 0.229 e. The quantitative estimate of drug-likeness (QED) is 0.435. The van der Waals surface area contributed by atoms with E-state index in [0.717, 1.165) is 40.3 Å². The van der Waals surface area contributed by atoms with Gasteiger partial charge in [0.2, 0.25) is 5.95 Å². The van der Waals surface area contributed by atoms with E-state index in [0.29, 0.717) is 25.0 Å². The van der Waals surface area contributed by atoms with Crippen LogP contribution in [0.5, 0.6) is 5.75 Å². The average Bonchev–Trinajstić information content (AvgIpc) is 3.19. The van der Waals surface area contributed by atoms with Crippen LogP contribution < -0.4 is 21.9 Å². The summed E-state index contributed by atoms with van der Waals surface area (Å²) >= 11 is 0. The van der Waals surface area contributed by atoms with Crippen molar-refractivity contribution in [3.63, 3.8) is 0 Å². The third-order valence-corrected chi connectivity index (χ3v) is 5.36. The van der Waals surface area contributed by atoms with E-state index in [2.05, 4.69) is 27.2 Å². The highest BCUT2D eigenvalue weighted by molar-refractivity contribution is 5.75. The summed E-state index contributed by atoms with van der Waals surface area (Å²) in [5.74, 6) is 1.92. The Morgan fingerprint density at radius 3 is 2.79 bits per heavy atom. The lowest BCUT2D eigenvalue weighted by atomic mass is 9.86. The van der Waals surface area contributed by atoms with E-state index in [1.165, 1.54) is 32.1 Å². The SMILES string of the molecule is Cc1cc(OCCCN)ccc1Nc1nc(C2CCCCC2)c2nc[nH]c2n1.N. The molecule has 0 spiro atoms. The summed E-state index contributed by atoms with van der Waals surface area (Å²) in [6.45, 7) is 3.32. The topological polar surface area (TPSA) is 137 Å². The largest absolute Gasteiger partial charge is 0.494 e. The second-order valence-corrected chi connectivity index (χ2v) is 7.46. The molecule has 8 nitrogen and oxygen atoms in total. The number of nitrogens with one attached hydrogen (secondary N) is 2. The van der Waals surface area contributed by atoms with Gasteiger partial charge in [0, 0.05) is 11.6 Å². The third-order valence-electron chi connectivity index (χ3n) is 5.36. The summed E-state index contributed by atoms with van der Waals surface area (Å²) in [4.78, 5) is 17.1. The van der Waals surface area contributed by atoms with E-state index in [4.69, 9.17) is 15.5 Å². The van der Waals surface area contributed by atoms with Crippen molar-refractivity contribution >= 4 is 22.8 Å². The molecule has 0 aliphatic heterocycles. The lowest BCUT2D eigenvalue weighted by molar-refractivity contribution is 0.313. The van der Waals surface area contributed by atoms with Crippen LogP contribution in [0.4, 0.5) is 11.6 Å². The Balaban J connectivity index is 0.00000240. The van der Waals surface area contributed by atoms with E-state index in [1.807, 2.05) is 18.2 Å². The highest BCUT2D eigenvalue weighted by atomic mass is 16.5. The molecule has 0 atom stereocenters. The summed E-state index contributed by atoms with van der Waals surface area (Å²) in [6.07, 6.45) is 8.73. The number of fused-ring (bicyclic) bond motifs is 1. The Kier molecular flexibility index (Phi) is 7.00. The van der Waals surface area contributed by atoms with Gasteiger partial charge in [-0.2, -0.15) is 4.98 Å². The number of nitrogens with two attached hydrogens (primary N) is 1. The summed E-state index contributed by atoms with van der Waals surface area (Å²) in [7, 11) is 0. The van der Waals surface area contributed by atoms with Crippen molar-refractivity contribution in [3.8, 4) is 5.75 Å². The third kappa shape index (κ3) is 4.83. The van der Waals surface area contributed by atoms with E-state index in [1.54, 1.807) is 6.33 Å². The number of aromatic amines is 1. The van der Waals surface area contributed by atoms with Crippen molar-refractivity contribution in [2.24, 2.45) is 5.73 Å². The molecule has 0 radical (unpaired) electrons. The van der Waals surface area contributed by atoms with Crippen molar-refractivity contribution in [3.05, 3.63) is 35.8 Å². The van der Waals surface area contributed by atoms with Gasteiger partial charge < -0.3 is 26.9 Å². The minimum Gasteiger partial charge on any atom is -0.494 e. The van der Waals surface area contributed by atoms with Crippen molar-refractivity contribution < 1.29 is 4.74 Å².